The molecule has 0 fully saturated rings. The maximum absolute atomic E-state index is 5.88. The molecule has 0 bridgehead atoms. The topological polar surface area (TPSA) is 35.2 Å². The Bertz CT molecular complexity index is 275. The van der Waals surface area contributed by atoms with Gasteiger partial charge in [-0.05, 0) is 0 Å². The fraction of sp³-hybridized carbons (Fsp3) is 0.400. The zero-order valence-electron chi connectivity index (χ0n) is 8.37. The molecule has 3 heteroatoms. The van der Waals surface area contributed by atoms with Crippen LogP contribution in [0.3, 0.4) is 0 Å². The summed E-state index contributed by atoms with van der Waals surface area (Å²) in [7, 11) is 1.80. The monoisotopic (exact) mass is 286 g/mol. The third kappa shape index (κ3) is 2.69. The standard InChI is InChI=1S/C8H10N.CH3O.CH3.Sn/c1-7(9)8-5-3-2-4-6-8;1-2;;/h2-5,7H,9H2,1H3;1H3;1H3;/q;-1;;+1. The van der Waals surface area contributed by atoms with Crippen LogP contribution in [-0.2, 0) is 3.07 Å². The predicted octanol–water partition coefficient (Wildman–Crippen LogP) is 1.18. The Balaban J connectivity index is 3.04. The van der Waals surface area contributed by atoms with Gasteiger partial charge in [0.1, 0.15) is 0 Å². The normalized spacial score (nSPS) is 13.3. The molecule has 1 aromatic rings. The molecule has 0 aliphatic carbocycles. The van der Waals surface area contributed by atoms with Crippen molar-refractivity contribution in [2.24, 2.45) is 5.73 Å². The average molecular weight is 285 g/mol. The van der Waals surface area contributed by atoms with E-state index in [-0.39, 0.29) is 6.04 Å². The molecular weight excluding hydrogens is 269 g/mol. The number of rotatable bonds is 3. The fourth-order valence-corrected chi connectivity index (χ4v) is 4.94. The third-order valence-electron chi connectivity index (χ3n) is 2.14. The summed E-state index contributed by atoms with van der Waals surface area (Å²) in [5.41, 5.74) is 7.13. The molecule has 1 aromatic carbocycles. The average Bonchev–Trinajstić information content (AvgIpc) is 2.16. The Morgan fingerprint density at radius 3 is 2.54 bits per heavy atom. The first-order valence-corrected chi connectivity index (χ1v) is 9.84. The summed E-state index contributed by atoms with van der Waals surface area (Å²) in [4.78, 5) is 2.23. The van der Waals surface area contributed by atoms with Crippen LogP contribution >= 0.6 is 0 Å². The molecule has 1 unspecified atom stereocenters. The second-order valence-corrected chi connectivity index (χ2v) is 9.01. The Labute approximate surface area is 87.4 Å². The van der Waals surface area contributed by atoms with Crippen molar-refractivity contribution in [2.75, 3.05) is 7.11 Å². The summed E-state index contributed by atoms with van der Waals surface area (Å²) in [5.74, 6) is 0. The van der Waals surface area contributed by atoms with E-state index >= 15 is 0 Å². The maximum atomic E-state index is 5.88. The van der Waals surface area contributed by atoms with Crippen LogP contribution in [0.4, 0.5) is 0 Å². The van der Waals surface area contributed by atoms with Gasteiger partial charge in [0.15, 0.2) is 0 Å². The van der Waals surface area contributed by atoms with Gasteiger partial charge in [-0.25, -0.2) is 0 Å². The second kappa shape index (κ2) is 4.98. The van der Waals surface area contributed by atoms with E-state index in [1.807, 2.05) is 13.0 Å². The summed E-state index contributed by atoms with van der Waals surface area (Å²) in [6.07, 6.45) is 0. The first-order chi connectivity index (χ1) is 6.16. The molecule has 0 saturated carbocycles. The molecule has 2 N–H and O–H groups in total. The van der Waals surface area contributed by atoms with Crippen molar-refractivity contribution >= 4 is 23.8 Å². The molecule has 2 nitrogen and oxygen atoms in total. The van der Waals surface area contributed by atoms with Crippen LogP contribution in [-0.4, -0.2) is 27.3 Å². The van der Waals surface area contributed by atoms with Crippen LogP contribution in [0.1, 0.15) is 18.5 Å². The zero-order valence-corrected chi connectivity index (χ0v) is 11.2. The third-order valence-corrected chi connectivity index (χ3v) is 7.35. The number of hydrogen-bond donors (Lipinski definition) is 1. The van der Waals surface area contributed by atoms with Gasteiger partial charge in [0.25, 0.3) is 0 Å². The number of benzene rings is 1. The van der Waals surface area contributed by atoms with E-state index in [1.54, 1.807) is 7.11 Å². The molecule has 1 rings (SSSR count). The molecule has 1 atom stereocenters. The summed E-state index contributed by atoms with van der Waals surface area (Å²) in [5, 5.41) is 0. The van der Waals surface area contributed by atoms with Gasteiger partial charge in [0.05, 0.1) is 0 Å². The van der Waals surface area contributed by atoms with E-state index in [0.29, 0.717) is 0 Å². The Hall–Kier alpha value is -0.0613. The van der Waals surface area contributed by atoms with Crippen molar-refractivity contribution in [3.8, 4) is 0 Å². The second-order valence-electron chi connectivity index (χ2n) is 3.14. The van der Waals surface area contributed by atoms with E-state index in [0.717, 1.165) is 0 Å². The minimum atomic E-state index is -1.77. The Morgan fingerprint density at radius 1 is 1.38 bits per heavy atom. The first kappa shape index (κ1) is 11.0. The van der Waals surface area contributed by atoms with Crippen molar-refractivity contribution < 1.29 is 3.07 Å². The van der Waals surface area contributed by atoms with E-state index < -0.39 is 20.2 Å². The van der Waals surface area contributed by atoms with Crippen LogP contribution in [0, 0.1) is 0 Å². The van der Waals surface area contributed by atoms with Gasteiger partial charge in [-0.2, -0.15) is 0 Å². The van der Waals surface area contributed by atoms with E-state index in [1.165, 1.54) is 9.14 Å². The van der Waals surface area contributed by atoms with Gasteiger partial charge in [-0.15, -0.1) is 0 Å². The van der Waals surface area contributed by atoms with E-state index in [4.69, 9.17) is 8.81 Å². The van der Waals surface area contributed by atoms with Crippen LogP contribution in [0.15, 0.2) is 24.3 Å². The molecule has 1 radical (unpaired) electrons. The number of nitrogens with two attached hydrogens (primary N) is 1. The molecule has 0 aliphatic rings. The van der Waals surface area contributed by atoms with E-state index in [9.17, 15) is 0 Å². The van der Waals surface area contributed by atoms with E-state index in [2.05, 4.69) is 23.1 Å². The number of hydrogen-bond acceptors (Lipinski definition) is 2. The van der Waals surface area contributed by atoms with Crippen molar-refractivity contribution in [3.63, 3.8) is 0 Å². The fourth-order valence-electron chi connectivity index (χ4n) is 1.32. The van der Waals surface area contributed by atoms with Gasteiger partial charge < -0.3 is 0 Å². The van der Waals surface area contributed by atoms with Gasteiger partial charge in [-0.1, -0.05) is 0 Å². The van der Waals surface area contributed by atoms with Crippen molar-refractivity contribution in [2.45, 2.75) is 17.9 Å². The van der Waals surface area contributed by atoms with Gasteiger partial charge >= 0.3 is 87.4 Å². The van der Waals surface area contributed by atoms with Gasteiger partial charge in [-0.3, -0.25) is 0 Å². The summed E-state index contributed by atoms with van der Waals surface area (Å²) >= 11 is -1.77. The molecule has 0 saturated heterocycles. The molecule has 0 heterocycles. The SMILES string of the molecule is C[O][Sn]([CH3])[c]1ccccc1C(C)N. The van der Waals surface area contributed by atoms with Crippen molar-refractivity contribution in [1.82, 2.24) is 0 Å². The molecule has 0 aromatic heterocycles. The summed E-state index contributed by atoms with van der Waals surface area (Å²) in [6, 6.07) is 8.46. The van der Waals surface area contributed by atoms with Crippen LogP contribution in [0.2, 0.25) is 4.94 Å². The van der Waals surface area contributed by atoms with Crippen molar-refractivity contribution in [1.29, 1.82) is 0 Å². The van der Waals surface area contributed by atoms with Crippen LogP contribution < -0.4 is 9.31 Å². The molecule has 13 heavy (non-hydrogen) atoms. The molecule has 0 aliphatic heterocycles. The summed E-state index contributed by atoms with van der Waals surface area (Å²) < 4.78 is 6.85. The van der Waals surface area contributed by atoms with Crippen LogP contribution in [0.5, 0.6) is 0 Å². The van der Waals surface area contributed by atoms with Gasteiger partial charge in [0.2, 0.25) is 0 Å². The zero-order chi connectivity index (χ0) is 9.84. The Morgan fingerprint density at radius 2 is 2.00 bits per heavy atom. The van der Waals surface area contributed by atoms with Crippen LogP contribution in [0.25, 0.3) is 0 Å². The summed E-state index contributed by atoms with van der Waals surface area (Å²) in [6.45, 7) is 2.02. The van der Waals surface area contributed by atoms with Gasteiger partial charge in [0, 0.05) is 0 Å². The van der Waals surface area contributed by atoms with Crippen molar-refractivity contribution in [3.05, 3.63) is 29.8 Å². The molecule has 0 spiro atoms. The molecular formula is C10H16NOSn. The molecule has 71 valence electrons. The Kier molecular flexibility index (Phi) is 4.22. The minimum absolute atomic E-state index is 0.113. The predicted molar refractivity (Wildman–Crippen MR) is 57.3 cm³/mol. The molecule has 0 amide bonds. The first-order valence-electron chi connectivity index (χ1n) is 4.39. The quantitative estimate of drug-likeness (QED) is 0.846.